The Morgan fingerprint density at radius 1 is 0.821 bits per heavy atom. The van der Waals surface area contributed by atoms with Crippen LogP contribution in [-0.2, 0) is 16.1 Å². The molecule has 1 aliphatic carbocycles. The van der Waals surface area contributed by atoms with Gasteiger partial charge >= 0.3 is 0 Å². The van der Waals surface area contributed by atoms with Crippen molar-refractivity contribution in [3.05, 3.63) is 99.6 Å². The van der Waals surface area contributed by atoms with Gasteiger partial charge in [-0.2, -0.15) is 0 Å². The molecule has 0 N–H and O–H groups in total. The zero-order valence-corrected chi connectivity index (χ0v) is 20.9. The Balaban J connectivity index is 1.35. The molecule has 10 nitrogen and oxygen atoms in total. The lowest BCUT2D eigenvalue weighted by atomic mass is 10.0. The smallest absolute Gasteiger partial charge is 0.269 e. The predicted molar refractivity (Wildman–Crippen MR) is 141 cm³/mol. The van der Waals surface area contributed by atoms with Crippen molar-refractivity contribution in [3.63, 3.8) is 0 Å². The van der Waals surface area contributed by atoms with Crippen LogP contribution in [0.2, 0.25) is 0 Å². The average molecular weight is 525 g/mol. The molecule has 3 aliphatic rings. The quantitative estimate of drug-likeness (QED) is 0.283. The van der Waals surface area contributed by atoms with Crippen LogP contribution < -0.4 is 9.80 Å². The molecule has 0 aromatic heterocycles. The minimum absolute atomic E-state index is 0.0397. The summed E-state index contributed by atoms with van der Waals surface area (Å²) >= 11 is 0. The van der Waals surface area contributed by atoms with Gasteiger partial charge in [-0.1, -0.05) is 42.8 Å². The van der Waals surface area contributed by atoms with Crippen LogP contribution in [-0.4, -0.2) is 46.0 Å². The molecule has 4 amide bonds. The highest BCUT2D eigenvalue weighted by Gasteiger charge is 2.47. The van der Waals surface area contributed by atoms with Gasteiger partial charge in [0.25, 0.3) is 17.5 Å². The van der Waals surface area contributed by atoms with E-state index in [0.717, 1.165) is 11.3 Å². The maximum atomic E-state index is 13.9. The van der Waals surface area contributed by atoms with Crippen molar-refractivity contribution in [2.45, 2.75) is 31.8 Å². The Morgan fingerprint density at radius 2 is 1.44 bits per heavy atom. The molecule has 1 saturated carbocycles. The number of nitrogens with zero attached hydrogens (tertiary/aromatic N) is 4. The van der Waals surface area contributed by atoms with Gasteiger partial charge in [-0.3, -0.25) is 34.2 Å². The van der Waals surface area contributed by atoms with Gasteiger partial charge in [-0.15, -0.1) is 0 Å². The van der Waals surface area contributed by atoms with E-state index in [2.05, 4.69) is 0 Å². The van der Waals surface area contributed by atoms with Crippen molar-refractivity contribution in [2.75, 3.05) is 16.3 Å². The van der Waals surface area contributed by atoms with E-state index >= 15 is 0 Å². The number of benzene rings is 3. The summed E-state index contributed by atoms with van der Waals surface area (Å²) in [5, 5.41) is 11.1. The van der Waals surface area contributed by atoms with Crippen LogP contribution in [0, 0.1) is 16.0 Å². The zero-order valence-electron chi connectivity index (χ0n) is 20.9. The van der Waals surface area contributed by atoms with Crippen LogP contribution in [0.15, 0.2) is 72.8 Å². The molecule has 1 fully saturated rings. The number of imide groups is 1. The second kappa shape index (κ2) is 9.46. The summed E-state index contributed by atoms with van der Waals surface area (Å²) < 4.78 is 0. The number of anilines is 2. The summed E-state index contributed by atoms with van der Waals surface area (Å²) in [5.41, 5.74) is 2.28. The molecule has 196 valence electrons. The highest BCUT2D eigenvalue weighted by molar-refractivity contribution is 6.23. The van der Waals surface area contributed by atoms with Gasteiger partial charge in [0.15, 0.2) is 0 Å². The van der Waals surface area contributed by atoms with E-state index in [-0.39, 0.29) is 29.3 Å². The second-order valence-electron chi connectivity index (χ2n) is 9.95. The van der Waals surface area contributed by atoms with E-state index in [4.69, 9.17) is 0 Å². The van der Waals surface area contributed by atoms with E-state index in [1.54, 1.807) is 70.5 Å². The van der Waals surface area contributed by atoms with E-state index in [1.165, 1.54) is 12.1 Å². The summed E-state index contributed by atoms with van der Waals surface area (Å²) in [4.78, 5) is 68.6. The molecule has 10 heteroatoms. The van der Waals surface area contributed by atoms with Crippen molar-refractivity contribution in [3.8, 4) is 0 Å². The van der Waals surface area contributed by atoms with Crippen LogP contribution in [0.3, 0.4) is 0 Å². The maximum Gasteiger partial charge on any atom is 0.269 e. The highest BCUT2D eigenvalue weighted by atomic mass is 16.6. The molecular formula is C29H24N4O6. The molecular weight excluding hydrogens is 500 g/mol. The molecule has 3 aromatic carbocycles. The Labute approximate surface area is 223 Å². The number of para-hydroxylation sites is 2. The first kappa shape index (κ1) is 24.5. The van der Waals surface area contributed by atoms with E-state index in [0.29, 0.717) is 29.8 Å². The monoisotopic (exact) mass is 524 g/mol. The van der Waals surface area contributed by atoms with Gasteiger partial charge in [0.05, 0.1) is 39.9 Å². The number of non-ortho nitro benzene ring substituents is 1. The van der Waals surface area contributed by atoms with Crippen molar-refractivity contribution in [1.82, 2.24) is 4.90 Å². The van der Waals surface area contributed by atoms with E-state index in [1.807, 2.05) is 0 Å². The first-order chi connectivity index (χ1) is 18.8. The van der Waals surface area contributed by atoms with Gasteiger partial charge < -0.3 is 9.80 Å². The average Bonchev–Trinajstić information content (AvgIpc) is 3.49. The minimum Gasteiger partial charge on any atom is -0.306 e. The fraction of sp³-hybridized carbons (Fsp3) is 0.241. The third-order valence-electron chi connectivity index (χ3n) is 7.75. The fourth-order valence-electron chi connectivity index (χ4n) is 5.91. The number of fused-ring (bicyclic) bond motifs is 3. The van der Waals surface area contributed by atoms with Crippen LogP contribution in [0.5, 0.6) is 0 Å². The second-order valence-corrected chi connectivity index (χ2v) is 9.95. The first-order valence-corrected chi connectivity index (χ1v) is 12.8. The Hall–Kier alpha value is -4.86. The van der Waals surface area contributed by atoms with Crippen molar-refractivity contribution in [1.29, 1.82) is 0 Å². The van der Waals surface area contributed by atoms with Crippen LogP contribution >= 0.6 is 0 Å². The van der Waals surface area contributed by atoms with Crippen molar-refractivity contribution < 1.29 is 24.1 Å². The van der Waals surface area contributed by atoms with E-state index in [9.17, 15) is 29.3 Å². The molecule has 2 atom stereocenters. The van der Waals surface area contributed by atoms with Crippen LogP contribution in [0.1, 0.15) is 45.5 Å². The number of hydrogen-bond donors (Lipinski definition) is 0. The number of nitro groups is 1. The van der Waals surface area contributed by atoms with Gasteiger partial charge in [-0.25, -0.2) is 0 Å². The third kappa shape index (κ3) is 4.04. The summed E-state index contributed by atoms with van der Waals surface area (Å²) in [6.07, 6.45) is 1.97. The van der Waals surface area contributed by atoms with E-state index < -0.39 is 41.1 Å². The lowest BCUT2D eigenvalue weighted by molar-refractivity contribution is -0.384. The fourth-order valence-corrected chi connectivity index (χ4v) is 5.91. The number of hydrogen-bond acceptors (Lipinski definition) is 6. The standard InChI is InChI=1S/C29H24N4O6/c34-26(17-31-27(35)20-6-1-2-7-21(20)28(31)36)32-23-11-5-8-22(23)29(37)30(24-9-3-4-10-25(24)32)16-18-12-14-19(15-13-18)33(38)39/h1-4,6-7,9-10,12-15,22-23H,5,8,11,16-17H2/t22-,23+/m0/s1. The summed E-state index contributed by atoms with van der Waals surface area (Å²) in [6, 6.07) is 19.2. The topological polar surface area (TPSA) is 121 Å². The molecule has 2 heterocycles. The predicted octanol–water partition coefficient (Wildman–Crippen LogP) is 3.94. The molecule has 0 unspecified atom stereocenters. The maximum absolute atomic E-state index is 13.9. The molecule has 39 heavy (non-hydrogen) atoms. The number of amides is 4. The number of nitro benzene ring substituents is 1. The lowest BCUT2D eigenvalue weighted by Crippen LogP contribution is -2.49. The zero-order chi connectivity index (χ0) is 27.3. The Morgan fingerprint density at radius 3 is 2.08 bits per heavy atom. The molecule has 0 radical (unpaired) electrons. The van der Waals surface area contributed by atoms with Crippen molar-refractivity contribution >= 4 is 40.7 Å². The number of carbonyl (C=O) groups excluding carboxylic acids is 4. The SMILES string of the molecule is O=C1c2ccccc2C(=O)N1CC(=O)N1c2ccccc2N(Cc2ccc([N+](=O)[O-])cc2)C(=O)[C@H]2CCC[C@H]21. The lowest BCUT2D eigenvalue weighted by Gasteiger charge is -2.31. The number of carbonyl (C=O) groups is 4. The van der Waals surface area contributed by atoms with Gasteiger partial charge in [0.1, 0.15) is 6.54 Å². The highest BCUT2D eigenvalue weighted by Crippen LogP contribution is 2.43. The molecule has 0 bridgehead atoms. The van der Waals surface area contributed by atoms with Crippen LogP contribution in [0.4, 0.5) is 17.1 Å². The molecule has 0 spiro atoms. The Kier molecular flexibility index (Phi) is 5.94. The van der Waals surface area contributed by atoms with Crippen LogP contribution in [0.25, 0.3) is 0 Å². The summed E-state index contributed by atoms with van der Waals surface area (Å²) in [5.74, 6) is -2.03. The molecule has 0 saturated heterocycles. The molecule has 3 aromatic rings. The molecule has 2 aliphatic heterocycles. The third-order valence-corrected chi connectivity index (χ3v) is 7.75. The largest absolute Gasteiger partial charge is 0.306 e. The first-order valence-electron chi connectivity index (χ1n) is 12.8. The molecule has 6 rings (SSSR count). The Bertz CT molecular complexity index is 1500. The number of rotatable bonds is 5. The van der Waals surface area contributed by atoms with Gasteiger partial charge in [0, 0.05) is 18.2 Å². The minimum atomic E-state index is -0.508. The normalized spacial score (nSPS) is 20.0. The van der Waals surface area contributed by atoms with Crippen molar-refractivity contribution in [2.24, 2.45) is 5.92 Å². The van der Waals surface area contributed by atoms with Gasteiger partial charge in [-0.05, 0) is 42.7 Å². The summed E-state index contributed by atoms with van der Waals surface area (Å²) in [7, 11) is 0. The van der Waals surface area contributed by atoms with Gasteiger partial charge in [0.2, 0.25) is 11.8 Å². The summed E-state index contributed by atoms with van der Waals surface area (Å²) in [6.45, 7) is -0.252.